The molecule has 0 nitrogen and oxygen atoms in total. The summed E-state index contributed by atoms with van der Waals surface area (Å²) in [6.45, 7) is 15.1. The molecule has 0 spiro atoms. The third kappa shape index (κ3) is 8.34. The van der Waals surface area contributed by atoms with Crippen molar-refractivity contribution in [2.24, 2.45) is 11.3 Å². The Kier molecular flexibility index (Phi) is 9.74. The molecule has 0 aromatic heterocycles. The van der Waals surface area contributed by atoms with Gasteiger partial charge in [0.25, 0.3) is 0 Å². The molecule has 2 rings (SSSR count). The van der Waals surface area contributed by atoms with E-state index >= 15 is 0 Å². The van der Waals surface area contributed by atoms with Crippen LogP contribution in [0.25, 0.3) is 0 Å². The topological polar surface area (TPSA) is 0 Å². The van der Waals surface area contributed by atoms with Crippen molar-refractivity contribution in [1.82, 2.24) is 0 Å². The summed E-state index contributed by atoms with van der Waals surface area (Å²) >= 11 is 0. The Bertz CT molecular complexity index is 391. The fourth-order valence-corrected chi connectivity index (χ4v) is 2.04. The second-order valence-corrected chi connectivity index (χ2v) is 6.80. The minimum absolute atomic E-state index is 0.792. The highest BCUT2D eigenvalue weighted by Gasteiger charge is 2.34. The molecule has 1 aliphatic carbocycles. The Labute approximate surface area is 135 Å². The van der Waals surface area contributed by atoms with Crippen LogP contribution >= 0.6 is 0 Å². The fraction of sp³-hybridized carbons (Fsp3) is 0.700. The minimum Gasteiger partial charge on any atom is -0.0999 e. The zero-order valence-corrected chi connectivity index (χ0v) is 15.4. The number of hydrogen-bond acceptors (Lipinski definition) is 0. The van der Waals surface area contributed by atoms with Gasteiger partial charge in [0, 0.05) is 0 Å². The van der Waals surface area contributed by atoms with Crippen molar-refractivity contribution in [2.45, 2.75) is 80.5 Å². The van der Waals surface area contributed by atoms with E-state index in [1.54, 1.807) is 0 Å². The number of rotatable bonds is 4. The molecular weight excluding hydrogens is 251 g/mol. The maximum atomic E-state index is 4.50. The van der Waals surface area contributed by atoms with Gasteiger partial charge < -0.3 is 0 Å². The first-order chi connectivity index (χ1) is 9.90. The molecule has 118 valence electrons. The molecule has 0 aliphatic heterocycles. The summed E-state index contributed by atoms with van der Waals surface area (Å²) in [7, 11) is 4.50. The zero-order chi connectivity index (χ0) is 16.5. The summed E-state index contributed by atoms with van der Waals surface area (Å²) in [6.07, 6.45) is 6.82. The smallest absolute Gasteiger partial charge is 0.0606 e. The first-order valence-corrected chi connectivity index (χ1v) is 8.54. The monoisotopic (exact) mass is 286 g/mol. The van der Waals surface area contributed by atoms with Gasteiger partial charge in [-0.25, -0.2) is 0 Å². The van der Waals surface area contributed by atoms with Gasteiger partial charge in [0.05, 0.1) is 7.85 Å². The van der Waals surface area contributed by atoms with E-state index in [-0.39, 0.29) is 0 Å². The van der Waals surface area contributed by atoms with Gasteiger partial charge in [-0.2, -0.15) is 0 Å². The highest BCUT2D eigenvalue weighted by Crippen LogP contribution is 2.47. The van der Waals surface area contributed by atoms with Crippen LogP contribution in [0.4, 0.5) is 0 Å². The lowest BCUT2D eigenvalue weighted by Gasteiger charge is -2.09. The summed E-state index contributed by atoms with van der Waals surface area (Å²) < 4.78 is 0. The van der Waals surface area contributed by atoms with E-state index in [1.165, 1.54) is 55.6 Å². The Morgan fingerprint density at radius 1 is 1.10 bits per heavy atom. The SMILES string of the molecule is CCC(C)Cc1ccc(C)c(C)c1.CCC1(C)CC1.[B]C. The van der Waals surface area contributed by atoms with Crippen molar-refractivity contribution in [3.8, 4) is 0 Å². The normalized spacial score (nSPS) is 16.0. The van der Waals surface area contributed by atoms with Gasteiger partial charge in [-0.05, 0) is 61.1 Å². The van der Waals surface area contributed by atoms with E-state index in [9.17, 15) is 0 Å². The van der Waals surface area contributed by atoms with E-state index in [2.05, 4.69) is 67.6 Å². The van der Waals surface area contributed by atoms with Gasteiger partial charge in [0.15, 0.2) is 0 Å². The molecular formula is C20H35B. The molecule has 0 amide bonds. The average Bonchev–Trinajstić information content (AvgIpc) is 3.24. The van der Waals surface area contributed by atoms with Crippen LogP contribution in [0.3, 0.4) is 0 Å². The maximum absolute atomic E-state index is 4.50. The average molecular weight is 286 g/mol. The van der Waals surface area contributed by atoms with Crippen LogP contribution in [0.15, 0.2) is 18.2 Å². The molecule has 1 unspecified atom stereocenters. The highest BCUT2D eigenvalue weighted by atomic mass is 14.4. The van der Waals surface area contributed by atoms with Crippen LogP contribution in [0, 0.1) is 25.2 Å². The Morgan fingerprint density at radius 2 is 1.67 bits per heavy atom. The molecule has 21 heavy (non-hydrogen) atoms. The van der Waals surface area contributed by atoms with Crippen LogP contribution in [0.2, 0.25) is 6.82 Å². The summed E-state index contributed by atoms with van der Waals surface area (Å²) in [5, 5.41) is 0. The Morgan fingerprint density at radius 3 is 2.00 bits per heavy atom. The van der Waals surface area contributed by atoms with Crippen molar-refractivity contribution in [2.75, 3.05) is 0 Å². The third-order valence-electron chi connectivity index (χ3n) is 4.81. The summed E-state index contributed by atoms with van der Waals surface area (Å²) in [5.41, 5.74) is 5.09. The van der Waals surface area contributed by atoms with Gasteiger partial charge in [0.2, 0.25) is 0 Å². The molecule has 0 saturated heterocycles. The third-order valence-corrected chi connectivity index (χ3v) is 4.81. The van der Waals surface area contributed by atoms with Crippen molar-refractivity contribution >= 4 is 7.85 Å². The Hall–Kier alpha value is -0.715. The van der Waals surface area contributed by atoms with Gasteiger partial charge >= 0.3 is 0 Å². The van der Waals surface area contributed by atoms with Gasteiger partial charge in [0.1, 0.15) is 0 Å². The van der Waals surface area contributed by atoms with Gasteiger partial charge in [-0.1, -0.05) is 65.6 Å². The molecule has 0 bridgehead atoms. The molecule has 1 atom stereocenters. The molecule has 0 heterocycles. The van der Waals surface area contributed by atoms with E-state index in [0.717, 1.165) is 11.3 Å². The number of benzene rings is 1. The summed E-state index contributed by atoms with van der Waals surface area (Å²) in [6, 6.07) is 6.81. The largest absolute Gasteiger partial charge is 0.0999 e. The molecule has 1 aromatic rings. The zero-order valence-electron chi connectivity index (χ0n) is 15.4. The maximum Gasteiger partial charge on any atom is 0.0606 e. The van der Waals surface area contributed by atoms with Crippen molar-refractivity contribution in [3.63, 3.8) is 0 Å². The van der Waals surface area contributed by atoms with Crippen LogP contribution in [0.5, 0.6) is 0 Å². The summed E-state index contributed by atoms with van der Waals surface area (Å²) in [4.78, 5) is 0. The quantitative estimate of drug-likeness (QED) is 0.570. The highest BCUT2D eigenvalue weighted by molar-refractivity contribution is 6.05. The molecule has 2 radical (unpaired) electrons. The van der Waals surface area contributed by atoms with Crippen molar-refractivity contribution < 1.29 is 0 Å². The second kappa shape index (κ2) is 10.1. The van der Waals surface area contributed by atoms with E-state index in [4.69, 9.17) is 0 Å². The minimum atomic E-state index is 0.792. The van der Waals surface area contributed by atoms with Crippen LogP contribution in [0.1, 0.15) is 70.1 Å². The second-order valence-electron chi connectivity index (χ2n) is 6.80. The lowest BCUT2D eigenvalue weighted by molar-refractivity contribution is 0.551. The molecule has 1 aliphatic rings. The number of aryl methyl sites for hydroxylation is 2. The lowest BCUT2D eigenvalue weighted by Crippen LogP contribution is -1.98. The van der Waals surface area contributed by atoms with E-state index < -0.39 is 0 Å². The molecule has 1 fully saturated rings. The van der Waals surface area contributed by atoms with E-state index in [0.29, 0.717) is 0 Å². The molecule has 0 N–H and O–H groups in total. The standard InChI is InChI=1S/C13H20.C6H12.CH3B/c1-5-10(2)8-13-7-6-11(3)12(4)9-13;1-3-6(2)4-5-6;1-2/h6-7,9-10H,5,8H2,1-4H3;3-5H2,1-2H3;1H3. The van der Waals surface area contributed by atoms with E-state index in [1.807, 2.05) is 0 Å². The van der Waals surface area contributed by atoms with Crippen molar-refractivity contribution in [1.29, 1.82) is 0 Å². The van der Waals surface area contributed by atoms with Crippen LogP contribution in [-0.2, 0) is 6.42 Å². The fourth-order valence-electron chi connectivity index (χ4n) is 2.04. The lowest BCUT2D eigenvalue weighted by atomic mass is 9.96. The van der Waals surface area contributed by atoms with Gasteiger partial charge in [-0.15, -0.1) is 0 Å². The first-order valence-electron chi connectivity index (χ1n) is 8.54. The van der Waals surface area contributed by atoms with Crippen LogP contribution in [-0.4, -0.2) is 7.85 Å². The predicted molar refractivity (Wildman–Crippen MR) is 98.3 cm³/mol. The molecule has 1 heteroatoms. The van der Waals surface area contributed by atoms with Crippen molar-refractivity contribution in [3.05, 3.63) is 34.9 Å². The first kappa shape index (κ1) is 20.3. The molecule has 1 saturated carbocycles. The molecule has 1 aromatic carbocycles. The summed E-state index contributed by atoms with van der Waals surface area (Å²) in [5.74, 6) is 0.808. The van der Waals surface area contributed by atoms with Crippen LogP contribution < -0.4 is 0 Å². The van der Waals surface area contributed by atoms with Gasteiger partial charge in [-0.3, -0.25) is 0 Å². The predicted octanol–water partition coefficient (Wildman–Crippen LogP) is 6.29. The number of hydrogen-bond donors (Lipinski definition) is 0. The Balaban J connectivity index is 0.000000416.